The van der Waals surface area contributed by atoms with E-state index < -0.39 is 6.10 Å². The van der Waals surface area contributed by atoms with Gasteiger partial charge in [0.1, 0.15) is 11.6 Å². The Morgan fingerprint density at radius 3 is 2.40 bits per heavy atom. The van der Waals surface area contributed by atoms with Crippen molar-refractivity contribution in [2.45, 2.75) is 6.10 Å². The normalized spacial score (nSPS) is 18.5. The summed E-state index contributed by atoms with van der Waals surface area (Å²) in [5, 5.41) is 2.61. The summed E-state index contributed by atoms with van der Waals surface area (Å²) in [5.74, 6) is 0.105. The van der Waals surface area contributed by atoms with Gasteiger partial charge in [-0.15, -0.1) is 0 Å². The summed E-state index contributed by atoms with van der Waals surface area (Å²) in [6.45, 7) is 2.67. The first-order valence-electron chi connectivity index (χ1n) is 10.1. The second-order valence-electron chi connectivity index (χ2n) is 7.39. The maximum absolute atomic E-state index is 14.0. The lowest BCUT2D eigenvalue weighted by atomic mass is 10.1. The van der Waals surface area contributed by atoms with Crippen LogP contribution < -0.4 is 19.9 Å². The van der Waals surface area contributed by atoms with Crippen LogP contribution in [-0.2, 0) is 9.59 Å². The highest BCUT2D eigenvalue weighted by Gasteiger charge is 2.32. The van der Waals surface area contributed by atoms with Gasteiger partial charge in [-0.25, -0.2) is 4.39 Å². The molecule has 1 saturated heterocycles. The summed E-state index contributed by atoms with van der Waals surface area (Å²) < 4.78 is 19.8. The van der Waals surface area contributed by atoms with Crippen LogP contribution in [0.5, 0.6) is 5.75 Å². The van der Waals surface area contributed by atoms with E-state index in [0.29, 0.717) is 44.2 Å². The number of likely N-dealkylation sites (N-methyl/N-ethyl adjacent to an activating group) is 1. The van der Waals surface area contributed by atoms with Gasteiger partial charge < -0.3 is 24.8 Å². The highest BCUT2D eigenvalue weighted by atomic mass is 19.1. The van der Waals surface area contributed by atoms with E-state index in [-0.39, 0.29) is 24.2 Å². The molecule has 0 radical (unpaired) electrons. The molecule has 0 unspecified atom stereocenters. The standard InChI is InChI=1S/C22H25FN4O3/c1-24-22(29)20-14-27(18-8-4-5-9-19(18)30-20)15-21(28)26-12-10-25(11-13-26)17-7-3-2-6-16(17)23/h2-9,20H,10-15H2,1H3,(H,24,29)/t20-/m0/s1. The Labute approximate surface area is 175 Å². The largest absolute Gasteiger partial charge is 0.477 e. The monoisotopic (exact) mass is 412 g/mol. The van der Waals surface area contributed by atoms with Gasteiger partial charge in [-0.1, -0.05) is 24.3 Å². The quantitative estimate of drug-likeness (QED) is 0.824. The number of rotatable bonds is 4. The molecule has 8 heteroatoms. The molecule has 4 rings (SSSR count). The Hall–Kier alpha value is -3.29. The molecule has 0 aliphatic carbocycles. The Morgan fingerprint density at radius 1 is 1.03 bits per heavy atom. The highest BCUT2D eigenvalue weighted by molar-refractivity contribution is 5.86. The number of nitrogens with one attached hydrogen (secondary N) is 1. The van der Waals surface area contributed by atoms with Gasteiger partial charge in [0.05, 0.1) is 24.5 Å². The van der Waals surface area contributed by atoms with E-state index in [9.17, 15) is 14.0 Å². The Morgan fingerprint density at radius 2 is 1.70 bits per heavy atom. The van der Waals surface area contributed by atoms with Crippen LogP contribution in [0.2, 0.25) is 0 Å². The predicted octanol–water partition coefficient (Wildman–Crippen LogP) is 1.49. The fourth-order valence-corrected chi connectivity index (χ4v) is 3.92. The van der Waals surface area contributed by atoms with Gasteiger partial charge in [0, 0.05) is 33.2 Å². The maximum Gasteiger partial charge on any atom is 0.262 e. The van der Waals surface area contributed by atoms with Gasteiger partial charge >= 0.3 is 0 Å². The van der Waals surface area contributed by atoms with Crippen LogP contribution in [0.4, 0.5) is 15.8 Å². The Balaban J connectivity index is 1.41. The van der Waals surface area contributed by atoms with Crippen LogP contribution in [-0.4, -0.2) is 69.1 Å². The zero-order valence-electron chi connectivity index (χ0n) is 16.9. The molecule has 0 saturated carbocycles. The van der Waals surface area contributed by atoms with Gasteiger partial charge in [-0.3, -0.25) is 9.59 Å². The number of benzene rings is 2. The molecule has 0 aromatic heterocycles. The fraction of sp³-hybridized carbons (Fsp3) is 0.364. The zero-order chi connectivity index (χ0) is 21.1. The molecule has 1 fully saturated rings. The van der Waals surface area contributed by atoms with Gasteiger partial charge in [0.2, 0.25) is 5.91 Å². The van der Waals surface area contributed by atoms with Crippen molar-refractivity contribution in [1.29, 1.82) is 0 Å². The van der Waals surface area contributed by atoms with E-state index in [1.54, 1.807) is 30.1 Å². The van der Waals surface area contributed by atoms with Crippen LogP contribution in [0.3, 0.4) is 0 Å². The Bertz CT molecular complexity index is 930. The number of fused-ring (bicyclic) bond motifs is 1. The highest BCUT2D eigenvalue weighted by Crippen LogP contribution is 2.33. The number of carbonyl (C=O) groups is 2. The molecule has 1 atom stereocenters. The summed E-state index contributed by atoms with van der Waals surface area (Å²) in [4.78, 5) is 30.7. The van der Waals surface area contributed by atoms with Crippen molar-refractivity contribution in [3.8, 4) is 5.75 Å². The molecule has 1 N–H and O–H groups in total. The Kier molecular flexibility index (Phi) is 5.74. The van der Waals surface area contributed by atoms with E-state index in [0.717, 1.165) is 5.69 Å². The fourth-order valence-electron chi connectivity index (χ4n) is 3.92. The summed E-state index contributed by atoms with van der Waals surface area (Å²) in [7, 11) is 1.57. The minimum absolute atomic E-state index is 0.0180. The first-order chi connectivity index (χ1) is 14.6. The third-order valence-electron chi connectivity index (χ3n) is 5.55. The van der Waals surface area contributed by atoms with E-state index in [2.05, 4.69) is 5.32 Å². The summed E-state index contributed by atoms with van der Waals surface area (Å²) in [6.07, 6.45) is -0.671. The van der Waals surface area contributed by atoms with E-state index >= 15 is 0 Å². The molecule has 30 heavy (non-hydrogen) atoms. The van der Waals surface area contributed by atoms with E-state index in [1.807, 2.05) is 34.1 Å². The molecule has 158 valence electrons. The third-order valence-corrected chi connectivity index (χ3v) is 5.55. The summed E-state index contributed by atoms with van der Waals surface area (Å²) in [5.41, 5.74) is 1.37. The van der Waals surface area contributed by atoms with Crippen LogP contribution in [0.25, 0.3) is 0 Å². The molecule has 2 aromatic carbocycles. The summed E-state index contributed by atoms with van der Waals surface area (Å²) in [6, 6.07) is 14.1. The zero-order valence-corrected chi connectivity index (χ0v) is 16.9. The van der Waals surface area contributed by atoms with Crippen molar-refractivity contribution < 1.29 is 18.7 Å². The number of amides is 2. The van der Waals surface area contributed by atoms with Crippen LogP contribution in [0.1, 0.15) is 0 Å². The smallest absolute Gasteiger partial charge is 0.262 e. The molecule has 7 nitrogen and oxygen atoms in total. The minimum atomic E-state index is -0.671. The third kappa shape index (κ3) is 4.03. The first-order valence-corrected chi connectivity index (χ1v) is 10.1. The maximum atomic E-state index is 14.0. The number of ether oxygens (including phenoxy) is 1. The van der Waals surface area contributed by atoms with Gasteiger partial charge in [-0.05, 0) is 24.3 Å². The molecular weight excluding hydrogens is 387 g/mol. The number of halogens is 1. The molecule has 0 bridgehead atoms. The van der Waals surface area contributed by atoms with Gasteiger partial charge in [0.25, 0.3) is 5.91 Å². The van der Waals surface area contributed by atoms with Crippen molar-refractivity contribution in [2.75, 3.05) is 56.1 Å². The topological polar surface area (TPSA) is 65.1 Å². The van der Waals surface area contributed by atoms with Crippen molar-refractivity contribution in [1.82, 2.24) is 10.2 Å². The van der Waals surface area contributed by atoms with Crippen molar-refractivity contribution in [3.05, 3.63) is 54.3 Å². The number of hydrogen-bond donors (Lipinski definition) is 1. The lowest BCUT2D eigenvalue weighted by molar-refractivity contribution is -0.131. The number of piperazine rings is 1. The molecule has 2 heterocycles. The van der Waals surface area contributed by atoms with Gasteiger partial charge in [-0.2, -0.15) is 0 Å². The van der Waals surface area contributed by atoms with Crippen molar-refractivity contribution >= 4 is 23.2 Å². The van der Waals surface area contributed by atoms with E-state index in [4.69, 9.17) is 4.74 Å². The SMILES string of the molecule is CNC(=O)[C@@H]1CN(CC(=O)N2CCN(c3ccccc3F)CC2)c2ccccc2O1. The average Bonchev–Trinajstić information content (AvgIpc) is 2.79. The van der Waals surface area contributed by atoms with Crippen LogP contribution in [0, 0.1) is 5.82 Å². The number of carbonyl (C=O) groups excluding carboxylic acids is 2. The number of para-hydroxylation sites is 3. The molecule has 0 spiro atoms. The van der Waals surface area contributed by atoms with Crippen molar-refractivity contribution in [3.63, 3.8) is 0 Å². The molecule has 2 amide bonds. The molecule has 2 aromatic rings. The first kappa shape index (κ1) is 20.0. The number of hydrogen-bond acceptors (Lipinski definition) is 5. The molecule has 2 aliphatic heterocycles. The predicted molar refractivity (Wildman–Crippen MR) is 112 cm³/mol. The second kappa shape index (κ2) is 8.61. The average molecular weight is 412 g/mol. The minimum Gasteiger partial charge on any atom is -0.477 e. The van der Waals surface area contributed by atoms with Crippen LogP contribution in [0.15, 0.2) is 48.5 Å². The lowest BCUT2D eigenvalue weighted by Gasteiger charge is -2.39. The van der Waals surface area contributed by atoms with Crippen molar-refractivity contribution in [2.24, 2.45) is 0 Å². The second-order valence-corrected chi connectivity index (χ2v) is 7.39. The van der Waals surface area contributed by atoms with Gasteiger partial charge in [0.15, 0.2) is 6.10 Å². The molecule has 2 aliphatic rings. The lowest BCUT2D eigenvalue weighted by Crippen LogP contribution is -2.54. The summed E-state index contributed by atoms with van der Waals surface area (Å²) >= 11 is 0. The van der Waals surface area contributed by atoms with E-state index in [1.165, 1.54) is 6.07 Å². The molecular formula is C22H25FN4O3. The number of anilines is 2. The van der Waals surface area contributed by atoms with Crippen LogP contribution >= 0.6 is 0 Å². The number of nitrogens with zero attached hydrogens (tertiary/aromatic N) is 3.